The van der Waals surface area contributed by atoms with Crippen LogP contribution in [0.2, 0.25) is 0 Å². The first-order valence-corrected chi connectivity index (χ1v) is 7.02. The second-order valence-corrected chi connectivity index (χ2v) is 4.68. The molecule has 0 rings (SSSR count). The number of hydrogen-bond donors (Lipinski definition) is 2. The molecule has 16 heavy (non-hydrogen) atoms. The third-order valence-electron chi connectivity index (χ3n) is 2.23. The molecule has 0 aliphatic rings. The molecule has 0 saturated carbocycles. The van der Waals surface area contributed by atoms with Gasteiger partial charge in [-0.25, -0.2) is 4.79 Å². The van der Waals surface area contributed by atoms with Crippen molar-refractivity contribution in [3.8, 4) is 0 Å². The lowest BCUT2D eigenvalue weighted by Gasteiger charge is -2.13. The number of rotatable bonds is 9. The minimum absolute atomic E-state index is 0.155. The Morgan fingerprint density at radius 3 is 2.56 bits per heavy atom. The van der Waals surface area contributed by atoms with Gasteiger partial charge >= 0.3 is 5.97 Å². The molecule has 0 fully saturated rings. The van der Waals surface area contributed by atoms with Crippen molar-refractivity contribution in [1.82, 2.24) is 5.32 Å². The van der Waals surface area contributed by atoms with Crippen LogP contribution in [0.5, 0.6) is 0 Å². The van der Waals surface area contributed by atoms with Crippen LogP contribution in [-0.4, -0.2) is 35.0 Å². The quantitative estimate of drug-likeness (QED) is 0.611. The third-order valence-corrected chi connectivity index (χ3v) is 2.93. The zero-order valence-electron chi connectivity index (χ0n) is 9.99. The first kappa shape index (κ1) is 15.3. The third kappa shape index (κ3) is 7.56. The maximum atomic E-state index is 11.4. The second kappa shape index (κ2) is 9.51. The highest BCUT2D eigenvalue weighted by molar-refractivity contribution is 7.98. The lowest BCUT2D eigenvalue weighted by molar-refractivity contribution is -0.142. The van der Waals surface area contributed by atoms with Crippen molar-refractivity contribution < 1.29 is 14.7 Å². The zero-order chi connectivity index (χ0) is 12.4. The number of amides is 1. The van der Waals surface area contributed by atoms with Gasteiger partial charge in [-0.3, -0.25) is 4.79 Å². The lowest BCUT2D eigenvalue weighted by atomic mass is 10.1. The summed E-state index contributed by atoms with van der Waals surface area (Å²) in [5.74, 6) is -0.163. The van der Waals surface area contributed by atoms with E-state index < -0.39 is 12.0 Å². The number of carboxylic acids is 1. The standard InChI is InChI=1S/C11H21NO3S/c1-3-4-6-9(11(14)15)12-10(13)7-5-8-16-2/h9H,3-8H2,1-2H3,(H,12,13)(H,14,15). The van der Waals surface area contributed by atoms with E-state index in [1.165, 1.54) is 0 Å². The Hall–Kier alpha value is -0.710. The molecule has 1 unspecified atom stereocenters. The van der Waals surface area contributed by atoms with Gasteiger partial charge in [0.25, 0.3) is 0 Å². The molecular formula is C11H21NO3S. The van der Waals surface area contributed by atoms with Crippen LogP contribution in [0.4, 0.5) is 0 Å². The Bertz CT molecular complexity index is 221. The summed E-state index contributed by atoms with van der Waals surface area (Å²) < 4.78 is 0. The van der Waals surface area contributed by atoms with Gasteiger partial charge in [-0.1, -0.05) is 19.8 Å². The van der Waals surface area contributed by atoms with E-state index in [0.29, 0.717) is 12.8 Å². The minimum Gasteiger partial charge on any atom is -0.480 e. The normalized spacial score (nSPS) is 12.1. The number of carboxylic acid groups (broad SMARTS) is 1. The van der Waals surface area contributed by atoms with E-state index in [-0.39, 0.29) is 5.91 Å². The maximum absolute atomic E-state index is 11.4. The number of aliphatic carboxylic acids is 1. The summed E-state index contributed by atoms with van der Waals surface area (Å²) in [5.41, 5.74) is 0. The van der Waals surface area contributed by atoms with Gasteiger partial charge in [0.05, 0.1) is 0 Å². The first-order chi connectivity index (χ1) is 7.61. The van der Waals surface area contributed by atoms with Crippen LogP contribution in [0.1, 0.15) is 39.0 Å². The van der Waals surface area contributed by atoms with E-state index in [9.17, 15) is 9.59 Å². The minimum atomic E-state index is -0.938. The Morgan fingerprint density at radius 2 is 2.06 bits per heavy atom. The highest BCUT2D eigenvalue weighted by Gasteiger charge is 2.18. The first-order valence-electron chi connectivity index (χ1n) is 5.63. The monoisotopic (exact) mass is 247 g/mol. The van der Waals surface area contributed by atoms with E-state index in [1.54, 1.807) is 11.8 Å². The van der Waals surface area contributed by atoms with Gasteiger partial charge < -0.3 is 10.4 Å². The summed E-state index contributed by atoms with van der Waals surface area (Å²) in [5, 5.41) is 11.5. The topological polar surface area (TPSA) is 66.4 Å². The van der Waals surface area contributed by atoms with Gasteiger partial charge in [0.15, 0.2) is 0 Å². The number of carbonyl (C=O) groups excluding carboxylic acids is 1. The molecule has 0 radical (unpaired) electrons. The van der Waals surface area contributed by atoms with Gasteiger partial charge in [-0.05, 0) is 24.9 Å². The molecule has 1 atom stereocenters. The fourth-order valence-corrected chi connectivity index (χ4v) is 1.74. The molecule has 4 nitrogen and oxygen atoms in total. The number of nitrogens with one attached hydrogen (secondary N) is 1. The average molecular weight is 247 g/mol. The van der Waals surface area contributed by atoms with E-state index >= 15 is 0 Å². The molecule has 2 N–H and O–H groups in total. The fraction of sp³-hybridized carbons (Fsp3) is 0.818. The molecule has 5 heteroatoms. The van der Waals surface area contributed by atoms with Gasteiger partial charge in [-0.15, -0.1) is 0 Å². The van der Waals surface area contributed by atoms with Crippen LogP contribution in [0.25, 0.3) is 0 Å². The molecule has 0 aromatic rings. The smallest absolute Gasteiger partial charge is 0.326 e. The largest absolute Gasteiger partial charge is 0.480 e. The SMILES string of the molecule is CCCCC(NC(=O)CCCSC)C(=O)O. The fourth-order valence-electron chi connectivity index (χ4n) is 1.31. The van der Waals surface area contributed by atoms with E-state index in [1.807, 2.05) is 13.2 Å². The molecular weight excluding hydrogens is 226 g/mol. The molecule has 0 saturated heterocycles. The van der Waals surface area contributed by atoms with E-state index in [2.05, 4.69) is 5.32 Å². The van der Waals surface area contributed by atoms with Crippen molar-refractivity contribution >= 4 is 23.6 Å². The van der Waals surface area contributed by atoms with Crippen LogP contribution >= 0.6 is 11.8 Å². The van der Waals surface area contributed by atoms with Gasteiger partial charge in [0.2, 0.25) is 5.91 Å². The van der Waals surface area contributed by atoms with Gasteiger partial charge in [0, 0.05) is 6.42 Å². The molecule has 0 aliphatic carbocycles. The van der Waals surface area contributed by atoms with Crippen molar-refractivity contribution in [2.75, 3.05) is 12.0 Å². The predicted molar refractivity (Wildman–Crippen MR) is 66.7 cm³/mol. The molecule has 0 heterocycles. The highest BCUT2D eigenvalue weighted by atomic mass is 32.2. The predicted octanol–water partition coefficient (Wildman–Crippen LogP) is 1.89. The Morgan fingerprint density at radius 1 is 1.38 bits per heavy atom. The number of carbonyl (C=O) groups is 2. The molecule has 0 aromatic heterocycles. The van der Waals surface area contributed by atoms with Crippen LogP contribution in [0, 0.1) is 0 Å². The van der Waals surface area contributed by atoms with Crippen LogP contribution in [0.3, 0.4) is 0 Å². The Labute approximate surface area is 101 Å². The van der Waals surface area contributed by atoms with E-state index in [0.717, 1.165) is 25.0 Å². The molecule has 1 amide bonds. The maximum Gasteiger partial charge on any atom is 0.326 e. The van der Waals surface area contributed by atoms with Gasteiger partial charge in [-0.2, -0.15) is 11.8 Å². The molecule has 0 aromatic carbocycles. The molecule has 94 valence electrons. The number of unbranched alkanes of at least 4 members (excludes halogenated alkanes) is 1. The summed E-state index contributed by atoms with van der Waals surface area (Å²) in [6, 6.07) is -0.721. The summed E-state index contributed by atoms with van der Waals surface area (Å²) in [6.07, 6.45) is 5.47. The summed E-state index contributed by atoms with van der Waals surface area (Å²) in [6.45, 7) is 2.00. The summed E-state index contributed by atoms with van der Waals surface area (Å²) in [7, 11) is 0. The zero-order valence-corrected chi connectivity index (χ0v) is 10.8. The summed E-state index contributed by atoms with van der Waals surface area (Å²) in [4.78, 5) is 22.3. The van der Waals surface area contributed by atoms with Crippen molar-refractivity contribution in [2.24, 2.45) is 0 Å². The molecule has 0 aliphatic heterocycles. The Balaban J connectivity index is 3.88. The second-order valence-electron chi connectivity index (χ2n) is 3.70. The van der Waals surface area contributed by atoms with Crippen molar-refractivity contribution in [3.63, 3.8) is 0 Å². The number of thioether (sulfide) groups is 1. The van der Waals surface area contributed by atoms with Crippen LogP contribution < -0.4 is 5.32 Å². The number of hydrogen-bond acceptors (Lipinski definition) is 3. The van der Waals surface area contributed by atoms with Crippen LogP contribution in [-0.2, 0) is 9.59 Å². The highest BCUT2D eigenvalue weighted by Crippen LogP contribution is 2.03. The van der Waals surface area contributed by atoms with E-state index in [4.69, 9.17) is 5.11 Å². The summed E-state index contributed by atoms with van der Waals surface area (Å²) >= 11 is 1.69. The molecule has 0 bridgehead atoms. The molecule has 0 spiro atoms. The van der Waals surface area contributed by atoms with Crippen LogP contribution in [0.15, 0.2) is 0 Å². The van der Waals surface area contributed by atoms with Crippen molar-refractivity contribution in [1.29, 1.82) is 0 Å². The average Bonchev–Trinajstić information content (AvgIpc) is 2.24. The van der Waals surface area contributed by atoms with Crippen molar-refractivity contribution in [2.45, 2.75) is 45.1 Å². The Kier molecular flexibility index (Phi) is 9.09. The van der Waals surface area contributed by atoms with Crippen molar-refractivity contribution in [3.05, 3.63) is 0 Å². The lowest BCUT2D eigenvalue weighted by Crippen LogP contribution is -2.40. The van der Waals surface area contributed by atoms with Gasteiger partial charge in [0.1, 0.15) is 6.04 Å².